The summed E-state index contributed by atoms with van der Waals surface area (Å²) in [6.07, 6.45) is 1.26. The zero-order valence-corrected chi connectivity index (χ0v) is 13.0. The Kier molecular flexibility index (Phi) is 4.32. The molecule has 2 unspecified atom stereocenters. The molecule has 1 aliphatic rings. The molecular weight excluding hydrogens is 232 g/mol. The molecule has 2 heteroatoms. The summed E-state index contributed by atoms with van der Waals surface area (Å²) in [5.74, 6) is 0. The van der Waals surface area contributed by atoms with Crippen molar-refractivity contribution in [2.24, 2.45) is 0 Å². The molecule has 106 valence electrons. The molecule has 2 nitrogen and oxygen atoms in total. The van der Waals surface area contributed by atoms with E-state index in [1.165, 1.54) is 30.6 Å². The number of likely N-dealkylation sites (N-methyl/N-ethyl adjacent to an activating group) is 1. The van der Waals surface area contributed by atoms with Gasteiger partial charge in [0.2, 0.25) is 0 Å². The Morgan fingerprint density at radius 2 is 1.84 bits per heavy atom. The normalized spacial score (nSPS) is 22.7. The number of nitrogens with one attached hydrogen (secondary N) is 1. The number of benzene rings is 1. The van der Waals surface area contributed by atoms with Gasteiger partial charge in [0.25, 0.3) is 0 Å². The van der Waals surface area contributed by atoms with Crippen LogP contribution in [-0.4, -0.2) is 31.1 Å². The van der Waals surface area contributed by atoms with Crippen LogP contribution in [0.25, 0.3) is 0 Å². The average Bonchev–Trinajstić information content (AvgIpc) is 2.74. The first-order chi connectivity index (χ1) is 8.86. The Balaban J connectivity index is 1.98. The summed E-state index contributed by atoms with van der Waals surface area (Å²) in [7, 11) is 2.20. The van der Waals surface area contributed by atoms with E-state index in [2.05, 4.69) is 69.2 Å². The standard InChI is InChI=1S/C17H28N2/c1-13(18-16-10-11-19(5)12-16)14-6-8-15(9-7-14)17(2,3)4/h6-9,13,16,18H,10-12H2,1-5H3. The molecular formula is C17H28N2. The Hall–Kier alpha value is -0.860. The van der Waals surface area contributed by atoms with Crippen LogP contribution in [0.2, 0.25) is 0 Å². The van der Waals surface area contributed by atoms with Crippen molar-refractivity contribution in [2.45, 2.75) is 51.6 Å². The summed E-state index contributed by atoms with van der Waals surface area (Å²) in [4.78, 5) is 2.40. The van der Waals surface area contributed by atoms with Gasteiger partial charge < -0.3 is 10.2 Å². The largest absolute Gasteiger partial charge is 0.306 e. The summed E-state index contributed by atoms with van der Waals surface area (Å²) in [6, 6.07) is 10.2. The van der Waals surface area contributed by atoms with E-state index in [1.807, 2.05) is 0 Å². The van der Waals surface area contributed by atoms with E-state index in [-0.39, 0.29) is 5.41 Å². The highest BCUT2D eigenvalue weighted by Gasteiger charge is 2.21. The minimum atomic E-state index is 0.239. The third kappa shape index (κ3) is 3.80. The van der Waals surface area contributed by atoms with E-state index in [1.54, 1.807) is 0 Å². The summed E-state index contributed by atoms with van der Waals surface area (Å²) < 4.78 is 0. The lowest BCUT2D eigenvalue weighted by molar-refractivity contribution is 0.387. The van der Waals surface area contributed by atoms with Crippen LogP contribution in [0.1, 0.15) is 51.3 Å². The zero-order chi connectivity index (χ0) is 14.0. The maximum absolute atomic E-state index is 3.74. The highest BCUT2D eigenvalue weighted by Crippen LogP contribution is 2.24. The van der Waals surface area contributed by atoms with Crippen LogP contribution in [0.4, 0.5) is 0 Å². The molecule has 0 bridgehead atoms. The summed E-state index contributed by atoms with van der Waals surface area (Å²) >= 11 is 0. The van der Waals surface area contributed by atoms with Gasteiger partial charge in [0.05, 0.1) is 0 Å². The van der Waals surface area contributed by atoms with Crippen LogP contribution in [0.15, 0.2) is 24.3 Å². The molecule has 2 rings (SSSR count). The van der Waals surface area contributed by atoms with Crippen molar-refractivity contribution >= 4 is 0 Å². The van der Waals surface area contributed by atoms with Gasteiger partial charge in [-0.1, -0.05) is 45.0 Å². The van der Waals surface area contributed by atoms with E-state index >= 15 is 0 Å². The van der Waals surface area contributed by atoms with Crippen LogP contribution < -0.4 is 5.32 Å². The number of hydrogen-bond acceptors (Lipinski definition) is 2. The molecule has 0 amide bonds. The molecule has 1 aliphatic heterocycles. The summed E-state index contributed by atoms with van der Waals surface area (Å²) in [5.41, 5.74) is 3.04. The van der Waals surface area contributed by atoms with Crippen LogP contribution in [0.3, 0.4) is 0 Å². The minimum absolute atomic E-state index is 0.239. The Bertz CT molecular complexity index is 402. The summed E-state index contributed by atoms with van der Waals surface area (Å²) in [5, 5.41) is 3.74. The van der Waals surface area contributed by atoms with Gasteiger partial charge in [-0.25, -0.2) is 0 Å². The fourth-order valence-electron chi connectivity index (χ4n) is 2.79. The molecule has 2 atom stereocenters. The van der Waals surface area contributed by atoms with Crippen LogP contribution in [0, 0.1) is 0 Å². The monoisotopic (exact) mass is 260 g/mol. The zero-order valence-electron chi connectivity index (χ0n) is 13.0. The lowest BCUT2D eigenvalue weighted by atomic mass is 9.86. The molecule has 1 aromatic carbocycles. The van der Waals surface area contributed by atoms with E-state index in [0.29, 0.717) is 12.1 Å². The van der Waals surface area contributed by atoms with Crippen molar-refractivity contribution < 1.29 is 0 Å². The molecule has 1 fully saturated rings. The smallest absolute Gasteiger partial charge is 0.0294 e. The van der Waals surface area contributed by atoms with Crippen molar-refractivity contribution in [3.63, 3.8) is 0 Å². The predicted octanol–water partition coefficient (Wildman–Crippen LogP) is 3.34. The second-order valence-electron chi connectivity index (χ2n) is 7.01. The molecule has 0 saturated carbocycles. The lowest BCUT2D eigenvalue weighted by Gasteiger charge is -2.22. The highest BCUT2D eigenvalue weighted by atomic mass is 15.2. The third-order valence-electron chi connectivity index (χ3n) is 4.15. The summed E-state index contributed by atoms with van der Waals surface area (Å²) in [6.45, 7) is 11.4. The third-order valence-corrected chi connectivity index (χ3v) is 4.15. The number of nitrogens with zero attached hydrogens (tertiary/aromatic N) is 1. The molecule has 0 radical (unpaired) electrons. The van der Waals surface area contributed by atoms with E-state index in [4.69, 9.17) is 0 Å². The van der Waals surface area contributed by atoms with E-state index in [9.17, 15) is 0 Å². The van der Waals surface area contributed by atoms with Crippen molar-refractivity contribution in [3.05, 3.63) is 35.4 Å². The van der Waals surface area contributed by atoms with Gasteiger partial charge in [-0.3, -0.25) is 0 Å². The van der Waals surface area contributed by atoms with Crippen molar-refractivity contribution in [3.8, 4) is 0 Å². The molecule has 1 aromatic rings. The van der Waals surface area contributed by atoms with Gasteiger partial charge >= 0.3 is 0 Å². The van der Waals surface area contributed by atoms with Gasteiger partial charge in [0.1, 0.15) is 0 Å². The SMILES string of the molecule is CC(NC1CCN(C)C1)c1ccc(C(C)(C)C)cc1. The fourth-order valence-corrected chi connectivity index (χ4v) is 2.79. The van der Waals surface area contributed by atoms with Crippen LogP contribution in [-0.2, 0) is 5.41 Å². The number of hydrogen-bond donors (Lipinski definition) is 1. The van der Waals surface area contributed by atoms with Crippen molar-refractivity contribution in [1.29, 1.82) is 0 Å². The first-order valence-corrected chi connectivity index (χ1v) is 7.41. The first-order valence-electron chi connectivity index (χ1n) is 7.41. The average molecular weight is 260 g/mol. The topological polar surface area (TPSA) is 15.3 Å². The first kappa shape index (κ1) is 14.5. The number of rotatable bonds is 3. The predicted molar refractivity (Wildman–Crippen MR) is 82.6 cm³/mol. The fraction of sp³-hybridized carbons (Fsp3) is 0.647. The maximum Gasteiger partial charge on any atom is 0.0294 e. The van der Waals surface area contributed by atoms with Crippen molar-refractivity contribution in [1.82, 2.24) is 10.2 Å². The van der Waals surface area contributed by atoms with Gasteiger partial charge in [-0.05, 0) is 43.5 Å². The van der Waals surface area contributed by atoms with Gasteiger partial charge in [0, 0.05) is 18.6 Å². The Labute approximate surface area is 118 Å². The second kappa shape index (κ2) is 5.64. The maximum atomic E-state index is 3.74. The lowest BCUT2D eigenvalue weighted by Crippen LogP contribution is -2.33. The minimum Gasteiger partial charge on any atom is -0.306 e. The molecule has 1 heterocycles. The van der Waals surface area contributed by atoms with Crippen LogP contribution >= 0.6 is 0 Å². The quantitative estimate of drug-likeness (QED) is 0.896. The van der Waals surface area contributed by atoms with Gasteiger partial charge in [-0.2, -0.15) is 0 Å². The number of likely N-dealkylation sites (tertiary alicyclic amines) is 1. The molecule has 1 saturated heterocycles. The van der Waals surface area contributed by atoms with Crippen molar-refractivity contribution in [2.75, 3.05) is 20.1 Å². The molecule has 0 aliphatic carbocycles. The van der Waals surface area contributed by atoms with Gasteiger partial charge in [-0.15, -0.1) is 0 Å². The van der Waals surface area contributed by atoms with E-state index in [0.717, 1.165) is 0 Å². The molecule has 1 N–H and O–H groups in total. The van der Waals surface area contributed by atoms with Crippen LogP contribution in [0.5, 0.6) is 0 Å². The van der Waals surface area contributed by atoms with E-state index < -0.39 is 0 Å². The Morgan fingerprint density at radius 1 is 1.21 bits per heavy atom. The Morgan fingerprint density at radius 3 is 2.32 bits per heavy atom. The molecule has 0 aromatic heterocycles. The van der Waals surface area contributed by atoms with Gasteiger partial charge in [0.15, 0.2) is 0 Å². The second-order valence-corrected chi connectivity index (χ2v) is 7.01. The molecule has 19 heavy (non-hydrogen) atoms. The molecule has 0 spiro atoms. The highest BCUT2D eigenvalue weighted by molar-refractivity contribution is 5.29.